The van der Waals surface area contributed by atoms with Gasteiger partial charge < -0.3 is 19.0 Å². The van der Waals surface area contributed by atoms with Crippen LogP contribution >= 0.6 is 0 Å². The third kappa shape index (κ3) is 5.45. The van der Waals surface area contributed by atoms with Crippen LogP contribution in [0.3, 0.4) is 0 Å². The minimum absolute atomic E-state index is 0.0339. The number of esters is 1. The molecule has 5 aliphatic carbocycles. The van der Waals surface area contributed by atoms with Crippen molar-refractivity contribution in [2.45, 2.75) is 138 Å². The molecule has 0 bridgehead atoms. The number of hydrogen-bond donors (Lipinski definition) is 1. The summed E-state index contributed by atoms with van der Waals surface area (Å²) in [6, 6.07) is 3.65. The SMILES string of the molecule is COc1ccc(-c2nnc([C@@]34CC[C@]5(C)[C@H](CC[C@@H]6[C@@]7(C)CC[C@H](OC(=O)CC(C)(C)C(=O)O)C(C)(C)[C@@H]7CC[C@]65C)C3=C(C(C)C)C(=O)C4)o2)nc1. The molecule has 0 unspecified atom stereocenters. The fraction of sp³-hybridized carbons (Fsp3) is 0.721. The molecule has 0 aliphatic heterocycles. The lowest BCUT2D eigenvalue weighted by Crippen LogP contribution is -2.66. The topological polar surface area (TPSA) is 142 Å². The van der Waals surface area contributed by atoms with E-state index in [1.807, 2.05) is 12.1 Å². The van der Waals surface area contributed by atoms with Crippen LogP contribution in [0.25, 0.3) is 11.6 Å². The average molecular weight is 730 g/mol. The molecule has 0 amide bonds. The van der Waals surface area contributed by atoms with Gasteiger partial charge in [-0.3, -0.25) is 14.4 Å². The number of allylic oxidation sites excluding steroid dienone is 2. The molecule has 0 saturated heterocycles. The second kappa shape index (κ2) is 12.5. The Morgan fingerprint density at radius 3 is 2.34 bits per heavy atom. The fourth-order valence-corrected chi connectivity index (χ4v) is 12.8. The van der Waals surface area contributed by atoms with E-state index in [1.165, 1.54) is 5.57 Å². The number of ketones is 1. The van der Waals surface area contributed by atoms with E-state index in [2.05, 4.69) is 63.6 Å². The van der Waals surface area contributed by atoms with Gasteiger partial charge in [-0.25, -0.2) is 4.98 Å². The molecule has 8 atom stereocenters. The lowest BCUT2D eigenvalue weighted by molar-refractivity contribution is -0.232. The lowest BCUT2D eigenvalue weighted by atomic mass is 9.33. The lowest BCUT2D eigenvalue weighted by Gasteiger charge is -2.72. The van der Waals surface area contributed by atoms with Crippen LogP contribution in [0, 0.1) is 50.7 Å². The van der Waals surface area contributed by atoms with Gasteiger partial charge in [0, 0.05) is 11.8 Å². The van der Waals surface area contributed by atoms with Crippen molar-refractivity contribution in [3.63, 3.8) is 0 Å². The Bertz CT molecular complexity index is 1840. The zero-order chi connectivity index (χ0) is 38.5. The van der Waals surface area contributed by atoms with Crippen molar-refractivity contribution in [2.24, 2.45) is 50.7 Å². The predicted molar refractivity (Wildman–Crippen MR) is 199 cm³/mol. The van der Waals surface area contributed by atoms with Crippen LogP contribution in [0.1, 0.15) is 132 Å². The molecular formula is C43H59N3O7. The zero-order valence-corrected chi connectivity index (χ0v) is 33.4. The van der Waals surface area contributed by atoms with Crippen LogP contribution in [0.4, 0.5) is 0 Å². The minimum atomic E-state index is -1.17. The molecule has 288 valence electrons. The molecule has 1 N–H and O–H groups in total. The Kier molecular flexibility index (Phi) is 8.89. The molecule has 0 aromatic carbocycles. The number of fused-ring (bicyclic) bond motifs is 7. The van der Waals surface area contributed by atoms with Gasteiger partial charge in [0.2, 0.25) is 5.89 Å². The second-order valence-corrected chi connectivity index (χ2v) is 19.5. The summed E-state index contributed by atoms with van der Waals surface area (Å²) in [4.78, 5) is 43.5. The van der Waals surface area contributed by atoms with Gasteiger partial charge in [-0.05, 0) is 128 Å². The number of aromatic nitrogens is 3. The molecule has 2 aromatic rings. The molecule has 0 spiro atoms. The minimum Gasteiger partial charge on any atom is -0.495 e. The van der Waals surface area contributed by atoms with E-state index in [0.717, 1.165) is 56.9 Å². The smallest absolute Gasteiger partial charge is 0.309 e. The first kappa shape index (κ1) is 37.7. The molecule has 0 radical (unpaired) electrons. The highest BCUT2D eigenvalue weighted by molar-refractivity contribution is 6.01. The third-order valence-electron chi connectivity index (χ3n) is 15.8. The Balaban J connectivity index is 1.20. The monoisotopic (exact) mass is 729 g/mol. The second-order valence-electron chi connectivity index (χ2n) is 19.5. The average Bonchev–Trinajstić information content (AvgIpc) is 3.70. The molecule has 2 heterocycles. The van der Waals surface area contributed by atoms with Gasteiger partial charge in [0.15, 0.2) is 5.78 Å². The maximum absolute atomic E-state index is 14.1. The fourth-order valence-electron chi connectivity index (χ4n) is 12.8. The van der Waals surface area contributed by atoms with Gasteiger partial charge in [-0.2, -0.15) is 0 Å². The molecule has 10 nitrogen and oxygen atoms in total. The number of aliphatic carboxylic acids is 1. The highest BCUT2D eigenvalue weighted by Gasteiger charge is 2.71. The van der Waals surface area contributed by atoms with Crippen LogP contribution in [0.2, 0.25) is 0 Å². The molecule has 5 aliphatic rings. The van der Waals surface area contributed by atoms with Gasteiger partial charge in [0.05, 0.1) is 30.6 Å². The number of carbonyl (C=O) groups excluding carboxylic acids is 2. The van der Waals surface area contributed by atoms with Crippen LogP contribution in [-0.4, -0.2) is 51.2 Å². The van der Waals surface area contributed by atoms with Crippen molar-refractivity contribution in [1.29, 1.82) is 0 Å². The first-order chi connectivity index (χ1) is 24.7. The van der Waals surface area contributed by atoms with Crippen molar-refractivity contribution in [1.82, 2.24) is 15.2 Å². The Morgan fingerprint density at radius 1 is 0.962 bits per heavy atom. The number of methoxy groups -OCH3 is 1. The van der Waals surface area contributed by atoms with Crippen LogP contribution in [-0.2, 0) is 24.5 Å². The predicted octanol–water partition coefficient (Wildman–Crippen LogP) is 8.79. The number of pyridine rings is 1. The van der Waals surface area contributed by atoms with Crippen molar-refractivity contribution in [2.75, 3.05) is 7.11 Å². The van der Waals surface area contributed by atoms with E-state index in [4.69, 9.17) is 13.9 Å². The summed E-state index contributed by atoms with van der Waals surface area (Å²) in [5.74, 6) is 1.48. The van der Waals surface area contributed by atoms with Gasteiger partial charge in [-0.15, -0.1) is 10.2 Å². The van der Waals surface area contributed by atoms with E-state index in [-0.39, 0.29) is 51.8 Å². The van der Waals surface area contributed by atoms with Gasteiger partial charge in [0.25, 0.3) is 5.89 Å². The maximum Gasteiger partial charge on any atom is 0.309 e. The van der Waals surface area contributed by atoms with Crippen molar-refractivity contribution in [3.8, 4) is 17.3 Å². The number of rotatable bonds is 8. The molecule has 2 aromatic heterocycles. The number of Topliss-reactive ketones (excluding diaryl/α,β-unsaturated/α-hetero) is 1. The van der Waals surface area contributed by atoms with Gasteiger partial charge in [-0.1, -0.05) is 48.5 Å². The number of carbonyl (C=O) groups is 3. The first-order valence-electron chi connectivity index (χ1n) is 19.8. The molecule has 10 heteroatoms. The highest BCUT2D eigenvalue weighted by atomic mass is 16.5. The van der Waals surface area contributed by atoms with Crippen LogP contribution in [0.15, 0.2) is 33.9 Å². The van der Waals surface area contributed by atoms with E-state index in [9.17, 15) is 19.5 Å². The Hall–Kier alpha value is -3.56. The van der Waals surface area contributed by atoms with Crippen molar-refractivity contribution in [3.05, 3.63) is 35.4 Å². The molecule has 53 heavy (non-hydrogen) atoms. The van der Waals surface area contributed by atoms with Gasteiger partial charge >= 0.3 is 11.9 Å². The number of carboxylic acid groups (broad SMARTS) is 1. The summed E-state index contributed by atoms with van der Waals surface area (Å²) in [5.41, 5.74) is 0.826. The molecule has 7 rings (SSSR count). The zero-order valence-electron chi connectivity index (χ0n) is 33.4. The van der Waals surface area contributed by atoms with E-state index >= 15 is 0 Å². The number of ether oxygens (including phenoxy) is 2. The van der Waals surface area contributed by atoms with E-state index in [0.29, 0.717) is 41.5 Å². The summed E-state index contributed by atoms with van der Waals surface area (Å²) in [7, 11) is 1.61. The van der Waals surface area contributed by atoms with Crippen molar-refractivity contribution >= 4 is 17.7 Å². The Labute approximate surface area is 314 Å². The summed E-state index contributed by atoms with van der Waals surface area (Å²) < 4.78 is 18.0. The molecule has 4 saturated carbocycles. The summed E-state index contributed by atoms with van der Waals surface area (Å²) in [6.45, 7) is 19.6. The normalized spacial score (nSPS) is 36.3. The molecular weight excluding hydrogens is 670 g/mol. The van der Waals surface area contributed by atoms with E-state index in [1.54, 1.807) is 27.2 Å². The number of carboxylic acids is 1. The van der Waals surface area contributed by atoms with E-state index < -0.39 is 22.8 Å². The summed E-state index contributed by atoms with van der Waals surface area (Å²) >= 11 is 0. The van der Waals surface area contributed by atoms with Crippen molar-refractivity contribution < 1.29 is 33.4 Å². The standard InChI is InChI=1S/C43H59N3O7/c1-24(2)33-28(47)21-43(36-46-45-35(53-36)27-13-11-25(51-10)23-44-27)20-19-41(8)26(34(33)43)12-14-30-40(7)17-16-31(52-32(48)22-38(3,4)37(49)50)39(5,6)29(40)15-18-42(30,41)9/h11,13,23-24,26,29-31H,12,14-22H2,1-10H3,(H,49,50)/t26-,29+,30-,31+,40+,41-,42-,43-/m1/s1. The van der Waals surface area contributed by atoms with Crippen LogP contribution < -0.4 is 4.74 Å². The third-order valence-corrected chi connectivity index (χ3v) is 15.8. The first-order valence-corrected chi connectivity index (χ1v) is 19.8. The number of nitrogens with zero attached hydrogens (tertiary/aromatic N) is 3. The van der Waals surface area contributed by atoms with Gasteiger partial charge in [0.1, 0.15) is 17.5 Å². The maximum atomic E-state index is 14.1. The van der Waals surface area contributed by atoms with Crippen LogP contribution in [0.5, 0.6) is 5.75 Å². The quantitative estimate of drug-likeness (QED) is 0.262. The largest absolute Gasteiger partial charge is 0.495 e. The summed E-state index contributed by atoms with van der Waals surface area (Å²) in [5, 5.41) is 18.8. The summed E-state index contributed by atoms with van der Waals surface area (Å²) in [6.07, 6.45) is 9.30. The molecule has 4 fully saturated rings. The Morgan fingerprint density at radius 2 is 1.70 bits per heavy atom. The highest BCUT2D eigenvalue weighted by Crippen LogP contribution is 2.76. The number of hydrogen-bond acceptors (Lipinski definition) is 9.